The van der Waals surface area contributed by atoms with Crippen LogP contribution in [0.1, 0.15) is 16.2 Å². The first-order valence-corrected chi connectivity index (χ1v) is 8.49. The molecule has 1 aromatic heterocycles. The number of para-hydroxylation sites is 3. The van der Waals surface area contributed by atoms with Crippen LogP contribution in [-0.4, -0.2) is 22.4 Å². The second kappa shape index (κ2) is 8.62. The third-order valence-electron chi connectivity index (χ3n) is 3.60. The average molecular weight is 360 g/mol. The Morgan fingerprint density at radius 3 is 2.63 bits per heavy atom. The summed E-state index contributed by atoms with van der Waals surface area (Å²) in [4.78, 5) is 20.8. The number of aryl methyl sites for hydroxylation is 1. The van der Waals surface area contributed by atoms with Gasteiger partial charge in [0.15, 0.2) is 5.75 Å². The summed E-state index contributed by atoms with van der Waals surface area (Å²) in [7, 11) is 0. The molecule has 0 bridgehead atoms. The average Bonchev–Trinajstić information content (AvgIpc) is 2.68. The van der Waals surface area contributed by atoms with Crippen molar-refractivity contribution in [1.82, 2.24) is 15.3 Å². The monoisotopic (exact) mass is 360 g/mol. The van der Waals surface area contributed by atoms with Crippen LogP contribution in [0.15, 0.2) is 73.3 Å². The van der Waals surface area contributed by atoms with Crippen LogP contribution in [0.25, 0.3) is 0 Å². The number of nitrogens with one attached hydrogen (secondary N) is 2. The van der Waals surface area contributed by atoms with E-state index in [9.17, 15) is 4.79 Å². The number of benzene rings is 2. The van der Waals surface area contributed by atoms with Crippen molar-refractivity contribution in [3.8, 4) is 11.5 Å². The lowest BCUT2D eigenvalue weighted by atomic mass is 10.3. The Morgan fingerprint density at radius 1 is 1.11 bits per heavy atom. The third-order valence-corrected chi connectivity index (χ3v) is 3.60. The highest BCUT2D eigenvalue weighted by Crippen LogP contribution is 2.30. The predicted octanol–water partition coefficient (Wildman–Crippen LogP) is 4.24. The number of aromatic nitrogens is 2. The number of rotatable bonds is 7. The van der Waals surface area contributed by atoms with E-state index in [4.69, 9.17) is 4.74 Å². The second-order valence-electron chi connectivity index (χ2n) is 5.75. The van der Waals surface area contributed by atoms with Crippen molar-refractivity contribution in [3.63, 3.8) is 0 Å². The SMILES string of the molecule is C=CCNC(=O)c1cc(C)nc(Nc2ccccc2Oc2ccccc2)n1. The zero-order chi connectivity index (χ0) is 19.1. The van der Waals surface area contributed by atoms with Crippen LogP contribution in [0.2, 0.25) is 0 Å². The molecule has 0 spiro atoms. The molecule has 0 saturated carbocycles. The number of hydrogen-bond donors (Lipinski definition) is 2. The van der Waals surface area contributed by atoms with Crippen molar-refractivity contribution in [2.45, 2.75) is 6.92 Å². The topological polar surface area (TPSA) is 76.1 Å². The molecule has 0 atom stereocenters. The van der Waals surface area contributed by atoms with Crippen molar-refractivity contribution < 1.29 is 9.53 Å². The first-order valence-electron chi connectivity index (χ1n) is 8.49. The van der Waals surface area contributed by atoms with Crippen molar-refractivity contribution in [1.29, 1.82) is 0 Å². The normalized spacial score (nSPS) is 10.1. The van der Waals surface area contributed by atoms with E-state index in [0.29, 0.717) is 29.6 Å². The molecule has 3 aromatic rings. The fourth-order valence-corrected chi connectivity index (χ4v) is 2.39. The van der Waals surface area contributed by atoms with E-state index in [-0.39, 0.29) is 11.6 Å². The van der Waals surface area contributed by atoms with Gasteiger partial charge in [0.25, 0.3) is 5.91 Å². The van der Waals surface area contributed by atoms with Crippen molar-refractivity contribution in [2.24, 2.45) is 0 Å². The number of carbonyl (C=O) groups is 1. The first kappa shape index (κ1) is 18.1. The Labute approximate surface area is 157 Å². The molecule has 0 aliphatic carbocycles. The van der Waals surface area contributed by atoms with E-state index in [1.54, 1.807) is 12.1 Å². The van der Waals surface area contributed by atoms with Crippen molar-refractivity contribution >= 4 is 17.5 Å². The maximum Gasteiger partial charge on any atom is 0.270 e. The van der Waals surface area contributed by atoms with Gasteiger partial charge in [0.05, 0.1) is 5.69 Å². The van der Waals surface area contributed by atoms with E-state index >= 15 is 0 Å². The molecule has 3 rings (SSSR count). The molecule has 6 heteroatoms. The summed E-state index contributed by atoms with van der Waals surface area (Å²) in [6, 6.07) is 18.6. The number of carbonyl (C=O) groups excluding carboxylic acids is 1. The zero-order valence-electron chi connectivity index (χ0n) is 15.0. The van der Waals surface area contributed by atoms with Crippen molar-refractivity contribution in [3.05, 3.63) is 84.7 Å². The van der Waals surface area contributed by atoms with Gasteiger partial charge in [0.2, 0.25) is 5.95 Å². The minimum absolute atomic E-state index is 0.280. The van der Waals surface area contributed by atoms with Gasteiger partial charge in [0, 0.05) is 12.2 Å². The van der Waals surface area contributed by atoms with Gasteiger partial charge in [-0.15, -0.1) is 6.58 Å². The van der Waals surface area contributed by atoms with E-state index < -0.39 is 0 Å². The van der Waals surface area contributed by atoms with E-state index in [0.717, 1.165) is 5.75 Å². The maximum absolute atomic E-state index is 12.2. The molecule has 0 aliphatic heterocycles. The summed E-state index contributed by atoms with van der Waals surface area (Å²) in [5, 5.41) is 5.85. The largest absolute Gasteiger partial charge is 0.455 e. The molecule has 1 amide bonds. The van der Waals surface area contributed by atoms with E-state index in [1.165, 1.54) is 0 Å². The lowest BCUT2D eigenvalue weighted by molar-refractivity contribution is 0.0953. The molecule has 2 aromatic carbocycles. The molecular formula is C21H20N4O2. The van der Waals surface area contributed by atoms with Gasteiger partial charge in [-0.2, -0.15) is 0 Å². The molecule has 0 radical (unpaired) electrons. The Balaban J connectivity index is 1.84. The van der Waals surface area contributed by atoms with E-state index in [1.807, 2.05) is 61.5 Å². The van der Waals surface area contributed by atoms with Crippen LogP contribution < -0.4 is 15.4 Å². The zero-order valence-corrected chi connectivity index (χ0v) is 15.0. The minimum Gasteiger partial charge on any atom is -0.455 e. The Morgan fingerprint density at radius 2 is 1.85 bits per heavy atom. The smallest absolute Gasteiger partial charge is 0.270 e. The van der Waals surface area contributed by atoms with Crippen LogP contribution in [-0.2, 0) is 0 Å². The van der Waals surface area contributed by atoms with Gasteiger partial charge in [-0.3, -0.25) is 4.79 Å². The molecule has 0 saturated heterocycles. The van der Waals surface area contributed by atoms with Gasteiger partial charge in [-0.05, 0) is 37.3 Å². The fraction of sp³-hybridized carbons (Fsp3) is 0.0952. The van der Waals surface area contributed by atoms with Crippen LogP contribution in [0.3, 0.4) is 0 Å². The highest BCUT2D eigenvalue weighted by molar-refractivity contribution is 5.92. The highest BCUT2D eigenvalue weighted by atomic mass is 16.5. The van der Waals surface area contributed by atoms with Gasteiger partial charge in [-0.25, -0.2) is 9.97 Å². The third kappa shape index (κ3) is 4.92. The Hall–Kier alpha value is -3.67. The fourth-order valence-electron chi connectivity index (χ4n) is 2.39. The van der Waals surface area contributed by atoms with Crippen LogP contribution >= 0.6 is 0 Å². The molecule has 0 fully saturated rings. The lowest BCUT2D eigenvalue weighted by Gasteiger charge is -2.13. The summed E-state index contributed by atoms with van der Waals surface area (Å²) >= 11 is 0. The second-order valence-corrected chi connectivity index (χ2v) is 5.75. The summed E-state index contributed by atoms with van der Waals surface area (Å²) in [6.07, 6.45) is 1.61. The quantitative estimate of drug-likeness (QED) is 0.617. The molecule has 27 heavy (non-hydrogen) atoms. The number of hydrogen-bond acceptors (Lipinski definition) is 5. The molecule has 2 N–H and O–H groups in total. The Bertz CT molecular complexity index is 942. The number of ether oxygens (including phenoxy) is 1. The number of anilines is 2. The van der Waals surface area contributed by atoms with Crippen molar-refractivity contribution in [2.75, 3.05) is 11.9 Å². The molecule has 136 valence electrons. The molecule has 0 aliphatic rings. The predicted molar refractivity (Wildman–Crippen MR) is 106 cm³/mol. The van der Waals surface area contributed by atoms with E-state index in [2.05, 4.69) is 27.2 Å². The summed E-state index contributed by atoms with van der Waals surface area (Å²) in [5.41, 5.74) is 1.66. The van der Waals surface area contributed by atoms with Gasteiger partial charge in [0.1, 0.15) is 11.4 Å². The van der Waals surface area contributed by atoms with Gasteiger partial charge >= 0.3 is 0 Å². The standard InChI is InChI=1S/C21H20N4O2/c1-3-13-22-20(26)18-14-15(2)23-21(25-18)24-17-11-7-8-12-19(17)27-16-9-5-4-6-10-16/h3-12,14H,1,13H2,2H3,(H,22,26)(H,23,24,25). The summed E-state index contributed by atoms with van der Waals surface area (Å²) in [5.74, 6) is 1.40. The van der Waals surface area contributed by atoms with Crippen LogP contribution in [0.5, 0.6) is 11.5 Å². The lowest BCUT2D eigenvalue weighted by Crippen LogP contribution is -2.24. The summed E-state index contributed by atoms with van der Waals surface area (Å²) in [6.45, 7) is 5.77. The number of nitrogens with zero attached hydrogens (tertiary/aromatic N) is 2. The highest BCUT2D eigenvalue weighted by Gasteiger charge is 2.12. The molecule has 1 heterocycles. The molecule has 6 nitrogen and oxygen atoms in total. The number of amides is 1. The van der Waals surface area contributed by atoms with Gasteiger partial charge in [-0.1, -0.05) is 36.4 Å². The summed E-state index contributed by atoms with van der Waals surface area (Å²) < 4.78 is 5.93. The van der Waals surface area contributed by atoms with Gasteiger partial charge < -0.3 is 15.4 Å². The van der Waals surface area contributed by atoms with Crippen LogP contribution in [0.4, 0.5) is 11.6 Å². The first-order chi connectivity index (χ1) is 13.2. The molecular weight excluding hydrogens is 340 g/mol. The minimum atomic E-state index is -0.280. The Kier molecular flexibility index (Phi) is 5.79. The maximum atomic E-state index is 12.2. The molecule has 0 unspecified atom stereocenters. The van der Waals surface area contributed by atoms with Crippen LogP contribution in [0, 0.1) is 6.92 Å².